The van der Waals surface area contributed by atoms with Gasteiger partial charge in [-0.1, -0.05) is 18.2 Å². The molecule has 1 aromatic rings. The average Bonchev–Trinajstić information content (AvgIpc) is 3.17. The first kappa shape index (κ1) is 16.6. The molecule has 0 bridgehead atoms. The number of ether oxygens (including phenoxy) is 2. The van der Waals surface area contributed by atoms with Gasteiger partial charge in [0.2, 0.25) is 0 Å². The Morgan fingerprint density at radius 1 is 1.35 bits per heavy atom. The lowest BCUT2D eigenvalue weighted by atomic mass is 9.55. The van der Waals surface area contributed by atoms with Gasteiger partial charge in [-0.05, 0) is 50.9 Å². The molecule has 1 aliphatic carbocycles. The van der Waals surface area contributed by atoms with E-state index in [4.69, 9.17) is 9.47 Å². The Hall–Kier alpha value is -1.59. The van der Waals surface area contributed by atoms with Gasteiger partial charge in [0.25, 0.3) is 0 Å². The molecule has 1 spiro atoms. The third-order valence-corrected chi connectivity index (χ3v) is 7.76. The maximum atomic E-state index is 12.6. The molecule has 3 heterocycles. The Kier molecular flexibility index (Phi) is 3.63. The van der Waals surface area contributed by atoms with Crippen LogP contribution < -0.4 is 5.32 Å². The topological polar surface area (TPSA) is 50.8 Å². The zero-order valence-electron chi connectivity index (χ0n) is 15.8. The largest absolute Gasteiger partial charge is 0.469 e. The number of carbonyl (C=O) groups excluding carboxylic acids is 1. The number of nitrogens with zero attached hydrogens (tertiary/aromatic N) is 1. The van der Waals surface area contributed by atoms with E-state index in [1.807, 2.05) is 6.92 Å². The van der Waals surface area contributed by atoms with Crippen molar-refractivity contribution in [1.29, 1.82) is 0 Å². The lowest BCUT2D eigenvalue weighted by Gasteiger charge is -2.54. The lowest BCUT2D eigenvalue weighted by molar-refractivity contribution is -0.171. The maximum absolute atomic E-state index is 12.6. The average molecular weight is 356 g/mol. The molecule has 5 nitrogen and oxygen atoms in total. The third kappa shape index (κ3) is 1.96. The quantitative estimate of drug-likeness (QED) is 0.783. The van der Waals surface area contributed by atoms with Gasteiger partial charge in [-0.3, -0.25) is 4.79 Å². The number of benzene rings is 1. The standard InChI is InChI=1S/C21H28N2O3/c1-12-18(20(24)25-3)13-10-17-21(8-9-23(17)2)15-6-4-5-7-16(15)22-19(21)14(13)11-26-12/h4-7,12-14,17-19,22H,8-11H2,1-3H3/t12-,13-,14-,17+,18+,19+,21?/m1/s1. The monoisotopic (exact) mass is 356 g/mol. The Labute approximate surface area is 155 Å². The van der Waals surface area contributed by atoms with Crippen molar-refractivity contribution >= 4 is 11.7 Å². The fourth-order valence-corrected chi connectivity index (χ4v) is 6.64. The van der Waals surface area contributed by atoms with Crippen molar-refractivity contribution in [3.05, 3.63) is 29.8 Å². The Bertz CT molecular complexity index is 738. The Balaban J connectivity index is 1.61. The van der Waals surface area contributed by atoms with Crippen LogP contribution in [0.5, 0.6) is 0 Å². The zero-order valence-corrected chi connectivity index (χ0v) is 15.8. The number of para-hydroxylation sites is 1. The number of likely N-dealkylation sites (N-methyl/N-ethyl adjacent to an activating group) is 1. The number of nitrogens with one attached hydrogen (secondary N) is 1. The van der Waals surface area contributed by atoms with Crippen molar-refractivity contribution in [3.63, 3.8) is 0 Å². The van der Waals surface area contributed by atoms with Crippen LogP contribution in [0.4, 0.5) is 5.69 Å². The van der Waals surface area contributed by atoms with Crippen molar-refractivity contribution < 1.29 is 14.3 Å². The summed E-state index contributed by atoms with van der Waals surface area (Å²) in [7, 11) is 3.74. The molecule has 0 radical (unpaired) electrons. The summed E-state index contributed by atoms with van der Waals surface area (Å²) in [5.74, 6) is 0.356. The molecular weight excluding hydrogens is 328 g/mol. The zero-order chi connectivity index (χ0) is 18.1. The molecule has 0 amide bonds. The number of likely N-dealkylation sites (tertiary alicyclic amines) is 1. The number of methoxy groups -OCH3 is 1. The first-order valence-electron chi connectivity index (χ1n) is 9.83. The van der Waals surface area contributed by atoms with Crippen LogP contribution in [0.25, 0.3) is 0 Å². The predicted molar refractivity (Wildman–Crippen MR) is 99.1 cm³/mol. The lowest BCUT2D eigenvalue weighted by Crippen LogP contribution is -2.63. The number of fused-ring (bicyclic) bond motifs is 3. The molecule has 0 aromatic heterocycles. The number of hydrogen-bond acceptors (Lipinski definition) is 5. The van der Waals surface area contributed by atoms with Crippen molar-refractivity contribution in [1.82, 2.24) is 4.90 Å². The van der Waals surface area contributed by atoms with Gasteiger partial charge in [-0.25, -0.2) is 0 Å². The molecule has 4 aliphatic rings. The predicted octanol–water partition coefficient (Wildman–Crippen LogP) is 2.27. The van der Waals surface area contributed by atoms with Crippen LogP contribution >= 0.6 is 0 Å². The van der Waals surface area contributed by atoms with Gasteiger partial charge in [-0.2, -0.15) is 0 Å². The summed E-state index contributed by atoms with van der Waals surface area (Å²) in [6.07, 6.45) is 2.14. The van der Waals surface area contributed by atoms with E-state index in [1.54, 1.807) is 0 Å². The van der Waals surface area contributed by atoms with Gasteiger partial charge in [-0.15, -0.1) is 0 Å². The summed E-state index contributed by atoms with van der Waals surface area (Å²) in [6, 6.07) is 9.57. The first-order valence-corrected chi connectivity index (χ1v) is 9.83. The van der Waals surface area contributed by atoms with Crippen LogP contribution in [0.15, 0.2) is 24.3 Å². The fraction of sp³-hybridized carbons (Fsp3) is 0.667. The smallest absolute Gasteiger partial charge is 0.311 e. The highest BCUT2D eigenvalue weighted by Gasteiger charge is 2.65. The minimum Gasteiger partial charge on any atom is -0.469 e. The third-order valence-electron chi connectivity index (χ3n) is 7.76. The SMILES string of the molecule is COC(=O)[C@@H]1[C@@H]2C[C@@H]3N(C)CCC34c3ccccc3N[C@H]4[C@@H]2CO[C@@H]1C. The van der Waals surface area contributed by atoms with Gasteiger partial charge in [0.05, 0.1) is 25.7 Å². The second-order valence-electron chi connectivity index (χ2n) is 8.61. The minimum absolute atomic E-state index is 0.0771. The van der Waals surface area contributed by atoms with Crippen LogP contribution in [0.3, 0.4) is 0 Å². The minimum atomic E-state index is -0.170. The van der Waals surface area contributed by atoms with Crippen molar-refractivity contribution in [2.24, 2.45) is 17.8 Å². The molecule has 140 valence electrons. The van der Waals surface area contributed by atoms with Crippen LogP contribution in [-0.4, -0.2) is 56.4 Å². The summed E-state index contributed by atoms with van der Waals surface area (Å²) in [5, 5.41) is 3.85. The molecule has 1 N–H and O–H groups in total. The molecule has 7 atom stereocenters. The molecule has 3 aliphatic heterocycles. The number of esters is 1. The van der Waals surface area contributed by atoms with E-state index in [0.29, 0.717) is 23.9 Å². The van der Waals surface area contributed by atoms with E-state index in [2.05, 4.69) is 41.5 Å². The van der Waals surface area contributed by atoms with Crippen LogP contribution in [0, 0.1) is 17.8 Å². The Morgan fingerprint density at radius 2 is 2.15 bits per heavy atom. The van der Waals surface area contributed by atoms with Crippen molar-refractivity contribution in [3.8, 4) is 0 Å². The summed E-state index contributed by atoms with van der Waals surface area (Å²) in [5.41, 5.74) is 2.87. The van der Waals surface area contributed by atoms with Crippen molar-refractivity contribution in [2.75, 3.05) is 32.6 Å². The molecule has 1 unspecified atom stereocenters. The highest BCUT2D eigenvalue weighted by atomic mass is 16.5. The normalized spacial score (nSPS) is 43.7. The van der Waals surface area contributed by atoms with Crippen LogP contribution in [0.2, 0.25) is 0 Å². The molecule has 5 heteroatoms. The second-order valence-corrected chi connectivity index (χ2v) is 8.61. The van der Waals surface area contributed by atoms with E-state index in [1.165, 1.54) is 24.8 Å². The summed E-state index contributed by atoms with van der Waals surface area (Å²) in [4.78, 5) is 15.1. The molecule has 2 saturated heterocycles. The van der Waals surface area contributed by atoms with Crippen LogP contribution in [-0.2, 0) is 19.7 Å². The van der Waals surface area contributed by atoms with Crippen molar-refractivity contribution in [2.45, 2.75) is 43.4 Å². The molecule has 5 rings (SSSR count). The van der Waals surface area contributed by atoms with E-state index < -0.39 is 0 Å². The maximum Gasteiger partial charge on any atom is 0.311 e. The number of hydrogen-bond donors (Lipinski definition) is 1. The van der Waals surface area contributed by atoms with Gasteiger partial charge < -0.3 is 19.7 Å². The molecule has 3 fully saturated rings. The molecule has 26 heavy (non-hydrogen) atoms. The highest BCUT2D eigenvalue weighted by molar-refractivity contribution is 5.74. The van der Waals surface area contributed by atoms with E-state index in [0.717, 1.165) is 19.6 Å². The highest BCUT2D eigenvalue weighted by Crippen LogP contribution is 2.60. The summed E-state index contributed by atoms with van der Waals surface area (Å²) < 4.78 is 11.3. The molecule has 1 aromatic carbocycles. The summed E-state index contributed by atoms with van der Waals surface area (Å²) in [6.45, 7) is 3.86. The second kappa shape index (κ2) is 5.70. The summed E-state index contributed by atoms with van der Waals surface area (Å²) >= 11 is 0. The molecule has 1 saturated carbocycles. The fourth-order valence-electron chi connectivity index (χ4n) is 6.64. The van der Waals surface area contributed by atoms with Gasteiger partial charge in [0.15, 0.2) is 0 Å². The van der Waals surface area contributed by atoms with Gasteiger partial charge in [0.1, 0.15) is 0 Å². The van der Waals surface area contributed by atoms with Gasteiger partial charge >= 0.3 is 5.97 Å². The van der Waals surface area contributed by atoms with Crippen LogP contribution in [0.1, 0.15) is 25.3 Å². The van der Waals surface area contributed by atoms with E-state index in [-0.39, 0.29) is 23.4 Å². The molecular formula is C21H28N2O3. The number of rotatable bonds is 1. The van der Waals surface area contributed by atoms with Gasteiger partial charge in [0, 0.05) is 29.1 Å². The number of anilines is 1. The first-order chi connectivity index (χ1) is 12.6. The van der Waals surface area contributed by atoms with E-state index >= 15 is 0 Å². The Morgan fingerprint density at radius 3 is 2.96 bits per heavy atom. The number of carbonyl (C=O) groups is 1. The van der Waals surface area contributed by atoms with E-state index in [9.17, 15) is 4.79 Å².